The van der Waals surface area contributed by atoms with E-state index in [1.807, 2.05) is 36.5 Å². The number of carbonyl (C=O) groups excluding carboxylic acids is 1. The number of nitrogens with one attached hydrogen (secondary N) is 1. The summed E-state index contributed by atoms with van der Waals surface area (Å²) in [5.74, 6) is 0.868. The molecule has 4 nitrogen and oxygen atoms in total. The second-order valence-corrected chi connectivity index (χ2v) is 6.60. The first kappa shape index (κ1) is 16.3. The van der Waals surface area contributed by atoms with E-state index in [1.54, 1.807) is 22.5 Å². The van der Waals surface area contributed by atoms with E-state index in [9.17, 15) is 4.79 Å². The largest absolute Gasteiger partial charge is 0.308 e. The minimum absolute atomic E-state index is 0.0563. The minimum atomic E-state index is -0.0563. The number of aryl methyl sites for hydroxylation is 2. The third-order valence-electron chi connectivity index (χ3n) is 3.58. The van der Waals surface area contributed by atoms with E-state index < -0.39 is 0 Å². The van der Waals surface area contributed by atoms with Crippen LogP contribution in [0.25, 0.3) is 5.69 Å². The van der Waals surface area contributed by atoms with Gasteiger partial charge < -0.3 is 5.32 Å². The van der Waals surface area contributed by atoms with Crippen molar-refractivity contribution in [2.75, 3.05) is 11.1 Å². The van der Waals surface area contributed by atoms with Crippen LogP contribution in [-0.2, 0) is 4.79 Å². The Balaban J connectivity index is 1.59. The number of hydrogen-bond donors (Lipinski definition) is 1. The van der Waals surface area contributed by atoms with Crippen LogP contribution in [0.5, 0.6) is 0 Å². The van der Waals surface area contributed by atoms with Gasteiger partial charge in [0.15, 0.2) is 5.82 Å². The van der Waals surface area contributed by atoms with Gasteiger partial charge in [-0.1, -0.05) is 35.9 Å². The van der Waals surface area contributed by atoms with Gasteiger partial charge in [-0.3, -0.25) is 4.79 Å². The molecule has 2 aromatic carbocycles. The van der Waals surface area contributed by atoms with Crippen molar-refractivity contribution >= 4 is 23.5 Å². The second kappa shape index (κ2) is 7.36. The van der Waals surface area contributed by atoms with Crippen LogP contribution in [0.15, 0.2) is 65.7 Å². The monoisotopic (exact) mass is 337 g/mol. The zero-order chi connectivity index (χ0) is 16.9. The first-order chi connectivity index (χ1) is 11.6. The van der Waals surface area contributed by atoms with E-state index in [0.717, 1.165) is 10.6 Å². The van der Waals surface area contributed by atoms with Crippen molar-refractivity contribution in [3.8, 4) is 5.69 Å². The fourth-order valence-electron chi connectivity index (χ4n) is 2.30. The van der Waals surface area contributed by atoms with Gasteiger partial charge >= 0.3 is 0 Å². The van der Waals surface area contributed by atoms with Gasteiger partial charge in [0.2, 0.25) is 5.91 Å². The number of thioether (sulfide) groups is 1. The van der Waals surface area contributed by atoms with Gasteiger partial charge in [0.05, 0.1) is 11.4 Å². The Morgan fingerprint density at radius 3 is 2.71 bits per heavy atom. The Bertz CT molecular complexity index is 843. The molecule has 0 aliphatic carbocycles. The molecule has 1 amide bonds. The second-order valence-electron chi connectivity index (χ2n) is 5.59. The van der Waals surface area contributed by atoms with Crippen LogP contribution in [0.1, 0.15) is 11.1 Å². The zero-order valence-electron chi connectivity index (χ0n) is 13.7. The third kappa shape index (κ3) is 4.06. The molecule has 0 unspecified atom stereocenters. The predicted molar refractivity (Wildman–Crippen MR) is 98.8 cm³/mol. The molecular formula is C19H19N3OS. The molecule has 0 aliphatic heterocycles. The van der Waals surface area contributed by atoms with Crippen molar-refractivity contribution in [3.63, 3.8) is 0 Å². The summed E-state index contributed by atoms with van der Waals surface area (Å²) >= 11 is 1.55. The average molecular weight is 337 g/mol. The van der Waals surface area contributed by atoms with E-state index in [-0.39, 0.29) is 5.91 Å². The maximum atomic E-state index is 12.1. The van der Waals surface area contributed by atoms with E-state index >= 15 is 0 Å². The molecule has 0 aliphatic rings. The molecule has 0 saturated heterocycles. The standard InChI is InChI=1S/C19H19N3OS/c1-14-8-9-15(2)17(12-14)24-13-19(23)20-18-10-11-22(21-18)16-6-4-3-5-7-16/h3-12H,13H2,1-2H3,(H,20,21,23). The molecule has 0 saturated carbocycles. The number of benzene rings is 2. The van der Waals surface area contributed by atoms with Crippen LogP contribution < -0.4 is 5.32 Å². The van der Waals surface area contributed by atoms with Crippen LogP contribution in [-0.4, -0.2) is 21.4 Å². The summed E-state index contributed by atoms with van der Waals surface area (Å²) in [5.41, 5.74) is 3.35. The minimum Gasteiger partial charge on any atom is -0.308 e. The van der Waals surface area contributed by atoms with Crippen LogP contribution in [0, 0.1) is 13.8 Å². The third-order valence-corrected chi connectivity index (χ3v) is 4.74. The van der Waals surface area contributed by atoms with Crippen LogP contribution in [0.4, 0.5) is 5.82 Å². The summed E-state index contributed by atoms with van der Waals surface area (Å²) < 4.78 is 1.74. The SMILES string of the molecule is Cc1ccc(C)c(SCC(=O)Nc2ccn(-c3ccccc3)n2)c1. The molecule has 1 N–H and O–H groups in total. The molecule has 0 radical (unpaired) electrons. The summed E-state index contributed by atoms with van der Waals surface area (Å²) in [5, 5.41) is 7.23. The summed E-state index contributed by atoms with van der Waals surface area (Å²) in [6, 6.07) is 17.9. The van der Waals surface area contributed by atoms with E-state index in [0.29, 0.717) is 11.6 Å². The first-order valence-corrected chi connectivity index (χ1v) is 8.71. The van der Waals surface area contributed by atoms with E-state index in [4.69, 9.17) is 0 Å². The quantitative estimate of drug-likeness (QED) is 0.709. The van der Waals surface area contributed by atoms with Crippen LogP contribution >= 0.6 is 11.8 Å². The molecule has 24 heavy (non-hydrogen) atoms. The van der Waals surface area contributed by atoms with Gasteiger partial charge in [0.1, 0.15) is 0 Å². The summed E-state index contributed by atoms with van der Waals surface area (Å²) in [6.45, 7) is 4.11. The van der Waals surface area contributed by atoms with Gasteiger partial charge in [0.25, 0.3) is 0 Å². The van der Waals surface area contributed by atoms with Gasteiger partial charge in [0, 0.05) is 17.2 Å². The Labute approximate surface area is 145 Å². The smallest absolute Gasteiger partial charge is 0.235 e. The maximum Gasteiger partial charge on any atom is 0.235 e. The average Bonchev–Trinajstić information content (AvgIpc) is 3.05. The summed E-state index contributed by atoms with van der Waals surface area (Å²) in [4.78, 5) is 13.3. The number of anilines is 1. The Hall–Kier alpha value is -2.53. The molecule has 0 fully saturated rings. The normalized spacial score (nSPS) is 10.6. The predicted octanol–water partition coefficient (Wildman–Crippen LogP) is 4.22. The number of para-hydroxylation sites is 1. The number of nitrogens with zero attached hydrogens (tertiary/aromatic N) is 2. The van der Waals surface area contributed by atoms with Crippen molar-refractivity contribution in [2.24, 2.45) is 0 Å². The number of rotatable bonds is 5. The summed E-state index contributed by atoms with van der Waals surface area (Å²) in [7, 11) is 0. The highest BCUT2D eigenvalue weighted by Gasteiger charge is 2.08. The highest BCUT2D eigenvalue weighted by Crippen LogP contribution is 2.23. The Morgan fingerprint density at radius 2 is 1.92 bits per heavy atom. The van der Waals surface area contributed by atoms with E-state index in [2.05, 4.69) is 42.5 Å². The van der Waals surface area contributed by atoms with Crippen molar-refractivity contribution < 1.29 is 4.79 Å². The molecule has 1 heterocycles. The van der Waals surface area contributed by atoms with Gasteiger partial charge in [-0.05, 0) is 37.6 Å². The van der Waals surface area contributed by atoms with Crippen LogP contribution in [0.3, 0.4) is 0 Å². The first-order valence-electron chi connectivity index (χ1n) is 7.73. The highest BCUT2D eigenvalue weighted by atomic mass is 32.2. The summed E-state index contributed by atoms with van der Waals surface area (Å²) in [6.07, 6.45) is 1.84. The lowest BCUT2D eigenvalue weighted by Crippen LogP contribution is -2.14. The Kier molecular flexibility index (Phi) is 5.01. The number of hydrogen-bond acceptors (Lipinski definition) is 3. The van der Waals surface area contributed by atoms with Crippen molar-refractivity contribution in [1.29, 1.82) is 0 Å². The van der Waals surface area contributed by atoms with Crippen molar-refractivity contribution in [1.82, 2.24) is 9.78 Å². The fraction of sp³-hybridized carbons (Fsp3) is 0.158. The molecule has 0 bridgehead atoms. The maximum absolute atomic E-state index is 12.1. The van der Waals surface area contributed by atoms with Gasteiger partial charge in [-0.25, -0.2) is 4.68 Å². The van der Waals surface area contributed by atoms with Gasteiger partial charge in [-0.15, -0.1) is 11.8 Å². The lowest BCUT2D eigenvalue weighted by molar-refractivity contribution is -0.113. The molecule has 1 aromatic heterocycles. The Morgan fingerprint density at radius 1 is 1.12 bits per heavy atom. The van der Waals surface area contributed by atoms with E-state index in [1.165, 1.54) is 11.1 Å². The number of carbonyl (C=O) groups is 1. The zero-order valence-corrected chi connectivity index (χ0v) is 14.5. The molecule has 0 atom stereocenters. The van der Waals surface area contributed by atoms with Crippen molar-refractivity contribution in [3.05, 3.63) is 71.9 Å². The topological polar surface area (TPSA) is 46.9 Å². The number of amides is 1. The van der Waals surface area contributed by atoms with Crippen LogP contribution in [0.2, 0.25) is 0 Å². The molecule has 3 rings (SSSR count). The molecule has 0 spiro atoms. The molecular weight excluding hydrogens is 318 g/mol. The fourth-order valence-corrected chi connectivity index (χ4v) is 3.22. The lowest BCUT2D eigenvalue weighted by atomic mass is 10.2. The highest BCUT2D eigenvalue weighted by molar-refractivity contribution is 8.00. The van der Waals surface area contributed by atoms with Gasteiger partial charge in [-0.2, -0.15) is 5.10 Å². The lowest BCUT2D eigenvalue weighted by Gasteiger charge is -2.06. The molecule has 122 valence electrons. The molecule has 5 heteroatoms. The number of aromatic nitrogens is 2. The van der Waals surface area contributed by atoms with Crippen molar-refractivity contribution in [2.45, 2.75) is 18.7 Å². The molecule has 3 aromatic rings.